The van der Waals surface area contributed by atoms with E-state index in [0.29, 0.717) is 6.54 Å². The minimum atomic E-state index is -3.96. The van der Waals surface area contributed by atoms with Crippen LogP contribution in [0.25, 0.3) is 0 Å². The fraction of sp³-hybridized carbons (Fsp3) is 0.500. The van der Waals surface area contributed by atoms with Crippen molar-refractivity contribution in [2.75, 3.05) is 31.1 Å². The van der Waals surface area contributed by atoms with Crippen molar-refractivity contribution in [3.63, 3.8) is 0 Å². The highest BCUT2D eigenvalue weighted by atomic mass is 32.2. The van der Waals surface area contributed by atoms with Crippen LogP contribution in [0.1, 0.15) is 36.4 Å². The van der Waals surface area contributed by atoms with Gasteiger partial charge in [-0.05, 0) is 62.2 Å². The number of sulfone groups is 2. The zero-order chi connectivity index (χ0) is 23.6. The molecule has 9 heteroatoms. The number of rotatable bonds is 7. The Morgan fingerprint density at radius 1 is 1.06 bits per heavy atom. The number of benzene rings is 2. The highest BCUT2D eigenvalue weighted by Crippen LogP contribution is 2.29. The smallest absolute Gasteiger partial charge is 0.183 e. The summed E-state index contributed by atoms with van der Waals surface area (Å²) in [6.45, 7) is 3.87. The quantitative estimate of drug-likeness (QED) is 0.596. The van der Waals surface area contributed by atoms with Crippen molar-refractivity contribution in [3.8, 4) is 0 Å². The van der Waals surface area contributed by atoms with E-state index in [1.807, 2.05) is 18.2 Å². The van der Waals surface area contributed by atoms with E-state index in [1.54, 1.807) is 0 Å². The molecule has 2 fully saturated rings. The van der Waals surface area contributed by atoms with Gasteiger partial charge < -0.3 is 5.32 Å². The van der Waals surface area contributed by atoms with E-state index in [2.05, 4.69) is 22.3 Å². The van der Waals surface area contributed by atoms with Gasteiger partial charge in [-0.25, -0.2) is 21.2 Å². The van der Waals surface area contributed by atoms with E-state index in [0.717, 1.165) is 37.6 Å². The van der Waals surface area contributed by atoms with Crippen molar-refractivity contribution in [3.05, 3.63) is 65.5 Å². The molecule has 6 nitrogen and oxygen atoms in total. The molecule has 2 aromatic carbocycles. The number of hydrogen-bond acceptors (Lipinski definition) is 6. The van der Waals surface area contributed by atoms with E-state index >= 15 is 0 Å². The Morgan fingerprint density at radius 2 is 1.76 bits per heavy atom. The molecule has 3 atom stereocenters. The lowest BCUT2D eigenvalue weighted by Crippen LogP contribution is -2.47. The van der Waals surface area contributed by atoms with Gasteiger partial charge in [0, 0.05) is 18.6 Å². The first-order valence-corrected chi connectivity index (χ1v) is 14.8. The molecule has 2 aliphatic rings. The maximum Gasteiger partial charge on any atom is 0.183 e. The molecular weight excluding hydrogens is 463 g/mol. The summed E-state index contributed by atoms with van der Waals surface area (Å²) in [4.78, 5) is 2.35. The molecule has 0 saturated carbocycles. The third-order valence-corrected chi connectivity index (χ3v) is 10.9. The van der Waals surface area contributed by atoms with Gasteiger partial charge in [0.1, 0.15) is 5.82 Å². The van der Waals surface area contributed by atoms with E-state index in [9.17, 15) is 21.2 Å². The molecule has 0 bridgehead atoms. The van der Waals surface area contributed by atoms with Crippen molar-refractivity contribution < 1.29 is 21.2 Å². The lowest BCUT2D eigenvalue weighted by molar-refractivity contribution is 0.158. The Bertz CT molecular complexity index is 1180. The van der Waals surface area contributed by atoms with Gasteiger partial charge in [0.25, 0.3) is 0 Å². The van der Waals surface area contributed by atoms with Gasteiger partial charge in [0.05, 0.1) is 21.7 Å². The SMILES string of the molecule is Cc1cc(S(=O)(=O)[C@H]2CS(=O)(=O)C[C@@H]2NCC(c2ccccc2)N2CCCCC2)ccc1F. The summed E-state index contributed by atoms with van der Waals surface area (Å²) in [5.41, 5.74) is 1.34. The highest BCUT2D eigenvalue weighted by Gasteiger charge is 2.46. The second-order valence-corrected chi connectivity index (χ2v) is 13.4. The topological polar surface area (TPSA) is 83.5 Å². The number of nitrogens with one attached hydrogen (secondary N) is 1. The summed E-state index contributed by atoms with van der Waals surface area (Å²) in [6.07, 6.45) is 3.42. The fourth-order valence-corrected chi connectivity index (χ4v) is 9.71. The van der Waals surface area contributed by atoms with Crippen LogP contribution < -0.4 is 5.32 Å². The van der Waals surface area contributed by atoms with Crippen LogP contribution >= 0.6 is 0 Å². The summed E-state index contributed by atoms with van der Waals surface area (Å²) in [7, 11) is -7.48. The van der Waals surface area contributed by atoms with Crippen LogP contribution in [0.5, 0.6) is 0 Å². The minimum Gasteiger partial charge on any atom is -0.310 e. The van der Waals surface area contributed by atoms with E-state index < -0.39 is 42.5 Å². The van der Waals surface area contributed by atoms with Gasteiger partial charge in [-0.2, -0.15) is 0 Å². The minimum absolute atomic E-state index is 0.0335. The van der Waals surface area contributed by atoms with Crippen LogP contribution in [0.15, 0.2) is 53.4 Å². The molecule has 1 unspecified atom stereocenters. The van der Waals surface area contributed by atoms with E-state index in [1.165, 1.54) is 25.5 Å². The van der Waals surface area contributed by atoms with E-state index in [-0.39, 0.29) is 22.3 Å². The van der Waals surface area contributed by atoms with Gasteiger partial charge in [-0.1, -0.05) is 36.8 Å². The number of likely N-dealkylation sites (tertiary alicyclic amines) is 1. The van der Waals surface area contributed by atoms with Crippen molar-refractivity contribution in [2.24, 2.45) is 0 Å². The Morgan fingerprint density at radius 3 is 2.42 bits per heavy atom. The normalized spacial score (nSPS) is 24.5. The summed E-state index contributed by atoms with van der Waals surface area (Å²) < 4.78 is 65.4. The second-order valence-electron chi connectivity index (χ2n) is 9.11. The van der Waals surface area contributed by atoms with Gasteiger partial charge in [0.15, 0.2) is 19.7 Å². The molecule has 0 aliphatic carbocycles. The molecule has 0 spiro atoms. The second kappa shape index (κ2) is 9.82. The molecule has 0 radical (unpaired) electrons. The maximum atomic E-state index is 13.7. The van der Waals surface area contributed by atoms with Crippen LogP contribution in [0.4, 0.5) is 4.39 Å². The first kappa shape index (κ1) is 24.3. The molecular formula is C24H31FN2O4S2. The molecule has 0 amide bonds. The number of aryl methyl sites for hydroxylation is 1. The lowest BCUT2D eigenvalue weighted by Gasteiger charge is -2.36. The summed E-state index contributed by atoms with van der Waals surface area (Å²) in [5, 5.41) is 2.20. The zero-order valence-corrected chi connectivity index (χ0v) is 20.4. The Labute approximate surface area is 196 Å². The Balaban J connectivity index is 1.58. The molecule has 180 valence electrons. The van der Waals surface area contributed by atoms with Gasteiger partial charge in [-0.3, -0.25) is 4.90 Å². The standard InChI is InChI=1S/C24H31FN2O4S2/c1-18-14-20(10-11-21(18)25)33(30,31)24-17-32(28,29)16-22(24)26-15-23(19-8-4-2-5-9-19)27-12-6-3-7-13-27/h2,4-5,8-11,14,22-24,26H,3,6-7,12-13,15-17H2,1H3/t22-,23?,24-/m0/s1. The molecule has 2 heterocycles. The molecule has 4 rings (SSSR count). The molecule has 2 aliphatic heterocycles. The fourth-order valence-electron chi connectivity index (χ4n) is 4.91. The number of piperidine rings is 1. The monoisotopic (exact) mass is 494 g/mol. The predicted octanol–water partition coefficient (Wildman–Crippen LogP) is 2.89. The first-order valence-electron chi connectivity index (χ1n) is 11.4. The largest absolute Gasteiger partial charge is 0.310 e. The molecule has 1 N–H and O–H groups in total. The third-order valence-electron chi connectivity index (χ3n) is 6.75. The molecule has 2 aromatic rings. The van der Waals surface area contributed by atoms with Gasteiger partial charge in [0.2, 0.25) is 0 Å². The number of nitrogens with zero attached hydrogens (tertiary/aromatic N) is 1. The molecule has 0 aromatic heterocycles. The average Bonchev–Trinajstić information content (AvgIpc) is 3.12. The summed E-state index contributed by atoms with van der Waals surface area (Å²) in [6, 6.07) is 13.0. The predicted molar refractivity (Wildman–Crippen MR) is 127 cm³/mol. The van der Waals surface area contributed by atoms with Crippen LogP contribution in [0.2, 0.25) is 0 Å². The van der Waals surface area contributed by atoms with Gasteiger partial charge in [-0.15, -0.1) is 0 Å². The number of hydrogen-bond donors (Lipinski definition) is 1. The van der Waals surface area contributed by atoms with Crippen LogP contribution in [-0.2, 0) is 19.7 Å². The average molecular weight is 495 g/mol. The number of halogens is 1. The maximum absolute atomic E-state index is 13.7. The molecule has 2 saturated heterocycles. The van der Waals surface area contributed by atoms with E-state index in [4.69, 9.17) is 0 Å². The Hall–Kier alpha value is -1.81. The Kier molecular flexibility index (Phi) is 7.23. The first-order chi connectivity index (χ1) is 15.7. The third kappa shape index (κ3) is 5.48. The lowest BCUT2D eigenvalue weighted by atomic mass is 10.0. The van der Waals surface area contributed by atoms with Crippen LogP contribution in [0.3, 0.4) is 0 Å². The van der Waals surface area contributed by atoms with Crippen molar-refractivity contribution in [1.82, 2.24) is 10.2 Å². The molecule has 33 heavy (non-hydrogen) atoms. The van der Waals surface area contributed by atoms with Crippen molar-refractivity contribution in [1.29, 1.82) is 0 Å². The van der Waals surface area contributed by atoms with Crippen molar-refractivity contribution >= 4 is 19.7 Å². The van der Waals surface area contributed by atoms with Crippen LogP contribution in [0, 0.1) is 12.7 Å². The highest BCUT2D eigenvalue weighted by molar-refractivity contribution is 7.96. The summed E-state index contributed by atoms with van der Waals surface area (Å²) >= 11 is 0. The van der Waals surface area contributed by atoms with Gasteiger partial charge >= 0.3 is 0 Å². The van der Waals surface area contributed by atoms with Crippen LogP contribution in [-0.4, -0.2) is 64.2 Å². The summed E-state index contributed by atoms with van der Waals surface area (Å²) in [5.74, 6) is -1.14. The zero-order valence-electron chi connectivity index (χ0n) is 18.8. The van der Waals surface area contributed by atoms with Crippen molar-refractivity contribution in [2.45, 2.75) is 48.4 Å².